The summed E-state index contributed by atoms with van der Waals surface area (Å²) in [7, 11) is 2.05. The number of nitrogens with zero attached hydrogens (tertiary/aromatic N) is 5. The Bertz CT molecular complexity index is 1540. The summed E-state index contributed by atoms with van der Waals surface area (Å²) in [6.45, 7) is 6.58. The maximum absolute atomic E-state index is 13.4. The number of amidine groups is 2. The molecule has 0 unspecified atom stereocenters. The van der Waals surface area contributed by atoms with E-state index in [0.29, 0.717) is 34.5 Å². The van der Waals surface area contributed by atoms with E-state index in [9.17, 15) is 10.2 Å². The number of piperazine rings is 1. The maximum atomic E-state index is 13.4. The van der Waals surface area contributed by atoms with Crippen LogP contribution in [0.3, 0.4) is 0 Å². The molecular formula is C30H30ClN7OS. The van der Waals surface area contributed by atoms with Crippen molar-refractivity contribution in [1.82, 2.24) is 14.8 Å². The van der Waals surface area contributed by atoms with Gasteiger partial charge in [0.25, 0.3) is 0 Å². The largest absolute Gasteiger partial charge is 0.340 e. The van der Waals surface area contributed by atoms with Crippen LogP contribution >= 0.6 is 22.9 Å². The lowest BCUT2D eigenvalue weighted by atomic mass is 9.99. The predicted octanol–water partition coefficient (Wildman–Crippen LogP) is 4.67. The number of carbonyl (C=O) groups excluding carboxylic acids is 1. The van der Waals surface area contributed by atoms with Crippen molar-refractivity contribution in [2.75, 3.05) is 38.1 Å². The van der Waals surface area contributed by atoms with Crippen molar-refractivity contribution in [3.8, 4) is 11.8 Å². The fourth-order valence-electron chi connectivity index (χ4n) is 4.80. The third-order valence-corrected chi connectivity index (χ3v) is 8.50. The third kappa shape index (κ3) is 5.70. The zero-order valence-corrected chi connectivity index (χ0v) is 24.2. The maximum Gasteiger partial charge on any atom is 0.225 e. The molecule has 1 fully saturated rings. The van der Waals surface area contributed by atoms with Crippen LogP contribution in [0.25, 0.3) is 0 Å². The summed E-state index contributed by atoms with van der Waals surface area (Å²) in [5.41, 5.74) is 3.86. The molecule has 0 aliphatic carbocycles. The molecule has 204 valence electrons. The number of thiophene rings is 1. The van der Waals surface area contributed by atoms with Crippen LogP contribution in [0.5, 0.6) is 0 Å². The van der Waals surface area contributed by atoms with Gasteiger partial charge >= 0.3 is 0 Å². The van der Waals surface area contributed by atoms with Crippen molar-refractivity contribution < 1.29 is 4.79 Å². The SMILES string of the molecule is CC(=N)N1C(=N)[C@H](CC(=O)N2CCN(C)CC2)N=C(c2ccc(Cl)cc2)c2c1sc(C#Cc1ccccn1)c2C. The molecule has 8 nitrogen and oxygen atoms in total. The smallest absolute Gasteiger partial charge is 0.225 e. The normalized spacial score (nSPS) is 17.4. The van der Waals surface area contributed by atoms with Gasteiger partial charge in [0.05, 0.1) is 17.0 Å². The van der Waals surface area contributed by atoms with Gasteiger partial charge in [-0.1, -0.05) is 29.8 Å². The fourth-order valence-corrected chi connectivity index (χ4v) is 6.16. The van der Waals surface area contributed by atoms with Crippen LogP contribution in [0.15, 0.2) is 53.7 Å². The van der Waals surface area contributed by atoms with Crippen LogP contribution in [-0.4, -0.2) is 77.3 Å². The number of anilines is 1. The van der Waals surface area contributed by atoms with E-state index >= 15 is 0 Å². The first-order valence-corrected chi connectivity index (χ1v) is 14.2. The third-order valence-electron chi connectivity index (χ3n) is 7.06. The minimum absolute atomic E-state index is 0.0338. The minimum atomic E-state index is -0.750. The Kier molecular flexibility index (Phi) is 8.12. The number of benzene rings is 1. The number of aliphatic imine (C=N–C) groups is 1. The molecule has 0 bridgehead atoms. The van der Waals surface area contributed by atoms with Crippen molar-refractivity contribution in [3.05, 3.63) is 80.9 Å². The van der Waals surface area contributed by atoms with Crippen LogP contribution < -0.4 is 4.90 Å². The van der Waals surface area contributed by atoms with Crippen molar-refractivity contribution in [3.63, 3.8) is 0 Å². The number of rotatable bonds is 3. The lowest BCUT2D eigenvalue weighted by Gasteiger charge is -2.33. The molecular weight excluding hydrogens is 542 g/mol. The lowest BCUT2D eigenvalue weighted by molar-refractivity contribution is -0.132. The van der Waals surface area contributed by atoms with E-state index in [1.165, 1.54) is 11.3 Å². The number of likely N-dealkylation sites (N-methyl/N-ethyl adjacent to an activating group) is 1. The van der Waals surface area contributed by atoms with E-state index in [4.69, 9.17) is 22.0 Å². The molecule has 4 heterocycles. The van der Waals surface area contributed by atoms with Gasteiger partial charge in [0.1, 0.15) is 28.4 Å². The van der Waals surface area contributed by atoms with Gasteiger partial charge in [0.15, 0.2) is 0 Å². The Morgan fingerprint density at radius 1 is 1.12 bits per heavy atom. The van der Waals surface area contributed by atoms with E-state index in [1.54, 1.807) is 18.0 Å². The average molecular weight is 572 g/mol. The Morgan fingerprint density at radius 2 is 1.85 bits per heavy atom. The van der Waals surface area contributed by atoms with Gasteiger partial charge in [-0.25, -0.2) is 4.98 Å². The predicted molar refractivity (Wildman–Crippen MR) is 162 cm³/mol. The van der Waals surface area contributed by atoms with Crippen LogP contribution in [0.2, 0.25) is 5.02 Å². The van der Waals surface area contributed by atoms with Gasteiger partial charge in [-0.05, 0) is 62.6 Å². The summed E-state index contributed by atoms with van der Waals surface area (Å²) in [6, 6.07) is 12.3. The monoisotopic (exact) mass is 571 g/mol. The number of nitrogens with one attached hydrogen (secondary N) is 2. The topological polar surface area (TPSA) is 99.7 Å². The van der Waals surface area contributed by atoms with Gasteiger partial charge in [-0.3, -0.25) is 25.5 Å². The molecule has 1 saturated heterocycles. The van der Waals surface area contributed by atoms with Crippen LogP contribution in [0.4, 0.5) is 5.00 Å². The first-order valence-electron chi connectivity index (χ1n) is 13.0. The van der Waals surface area contributed by atoms with Crippen molar-refractivity contribution in [2.45, 2.75) is 26.3 Å². The molecule has 2 N–H and O–H groups in total. The molecule has 0 radical (unpaired) electrons. The highest BCUT2D eigenvalue weighted by Crippen LogP contribution is 2.40. The second-order valence-electron chi connectivity index (χ2n) is 9.90. The molecule has 40 heavy (non-hydrogen) atoms. The molecule has 1 aromatic carbocycles. The molecule has 3 aromatic rings. The quantitative estimate of drug-likeness (QED) is 0.271. The summed E-state index contributed by atoms with van der Waals surface area (Å²) >= 11 is 7.63. The summed E-state index contributed by atoms with van der Waals surface area (Å²) in [5, 5.41) is 19.1. The van der Waals surface area contributed by atoms with Crippen molar-refractivity contribution >= 4 is 51.2 Å². The van der Waals surface area contributed by atoms with Gasteiger partial charge < -0.3 is 9.80 Å². The summed E-state index contributed by atoms with van der Waals surface area (Å²) in [5.74, 6) is 6.63. The molecule has 5 rings (SSSR count). The highest BCUT2D eigenvalue weighted by Gasteiger charge is 2.36. The number of hydrogen-bond donors (Lipinski definition) is 2. The van der Waals surface area contributed by atoms with E-state index in [1.807, 2.05) is 61.3 Å². The molecule has 0 saturated carbocycles. The zero-order valence-electron chi connectivity index (χ0n) is 22.7. The fraction of sp³-hybridized carbons (Fsp3) is 0.300. The Balaban J connectivity index is 1.62. The van der Waals surface area contributed by atoms with Crippen LogP contribution in [-0.2, 0) is 4.79 Å². The Hall–Kier alpha value is -3.84. The highest BCUT2D eigenvalue weighted by molar-refractivity contribution is 7.17. The minimum Gasteiger partial charge on any atom is -0.340 e. The first kappa shape index (κ1) is 27.7. The second kappa shape index (κ2) is 11.7. The molecule has 2 aliphatic rings. The number of amides is 1. The number of carbonyl (C=O) groups is 1. The lowest BCUT2D eigenvalue weighted by Crippen LogP contribution is -2.49. The van der Waals surface area contributed by atoms with Gasteiger partial charge in [-0.2, -0.15) is 0 Å². The summed E-state index contributed by atoms with van der Waals surface area (Å²) in [6.07, 6.45) is 1.76. The number of hydrogen-bond acceptors (Lipinski definition) is 7. The van der Waals surface area contributed by atoms with Gasteiger partial charge in [-0.15, -0.1) is 11.3 Å². The average Bonchev–Trinajstić information content (AvgIpc) is 3.19. The summed E-state index contributed by atoms with van der Waals surface area (Å²) in [4.78, 5) is 29.2. The van der Waals surface area contributed by atoms with Crippen molar-refractivity contribution in [1.29, 1.82) is 10.8 Å². The second-order valence-corrected chi connectivity index (χ2v) is 11.3. The van der Waals surface area contributed by atoms with Gasteiger partial charge in [0.2, 0.25) is 5.91 Å². The van der Waals surface area contributed by atoms with Crippen LogP contribution in [0.1, 0.15) is 40.6 Å². The molecule has 10 heteroatoms. The van der Waals surface area contributed by atoms with Gasteiger partial charge in [0, 0.05) is 48.5 Å². The summed E-state index contributed by atoms with van der Waals surface area (Å²) < 4.78 is 0. The van der Waals surface area contributed by atoms with E-state index < -0.39 is 6.04 Å². The van der Waals surface area contributed by atoms with E-state index in [-0.39, 0.29) is 24.0 Å². The highest BCUT2D eigenvalue weighted by atomic mass is 35.5. The van der Waals surface area contributed by atoms with Crippen LogP contribution in [0, 0.1) is 29.6 Å². The molecule has 1 amide bonds. The van der Waals surface area contributed by atoms with Crippen molar-refractivity contribution in [2.24, 2.45) is 4.99 Å². The standard InChI is InChI=1S/C30H30ClN7OS/c1-19-25(12-11-23-6-4-5-13-34-23)40-30-27(19)28(21-7-9-22(31)10-8-21)35-24(29(33)38(30)20(2)32)18-26(39)37-16-14-36(3)15-17-37/h4-10,13,24,32-33H,14-18H2,1-3H3/t24-/m0/s1. The first-order chi connectivity index (χ1) is 19.2. The number of pyridine rings is 1. The number of halogens is 1. The van der Waals surface area contributed by atoms with E-state index in [0.717, 1.165) is 34.7 Å². The molecule has 2 aromatic heterocycles. The number of aromatic nitrogens is 1. The zero-order chi connectivity index (χ0) is 28.4. The van der Waals surface area contributed by atoms with E-state index in [2.05, 4.69) is 21.7 Å². The molecule has 2 aliphatic heterocycles. The molecule has 0 spiro atoms. The number of fused-ring (bicyclic) bond motifs is 1. The Labute approximate surface area is 243 Å². The Morgan fingerprint density at radius 3 is 2.50 bits per heavy atom. The molecule has 1 atom stereocenters.